The van der Waals surface area contributed by atoms with Gasteiger partial charge in [-0.15, -0.1) is 0 Å². The number of hydrogen-bond donors (Lipinski definition) is 2. The molecule has 130 valence electrons. The van der Waals surface area contributed by atoms with Gasteiger partial charge in [0.1, 0.15) is 11.4 Å². The van der Waals surface area contributed by atoms with E-state index in [9.17, 15) is 14.4 Å². The number of anilines is 3. The second-order valence-electron chi connectivity index (χ2n) is 6.40. The average Bonchev–Trinajstić information content (AvgIpc) is 2.63. The predicted octanol–water partition coefficient (Wildman–Crippen LogP) is 2.64. The van der Waals surface area contributed by atoms with Crippen LogP contribution in [-0.4, -0.2) is 12.5 Å². The van der Waals surface area contributed by atoms with Crippen molar-refractivity contribution < 1.29 is 9.53 Å². The Hall–Kier alpha value is -3.41. The molecule has 0 aromatic heterocycles. The number of fused-ring (bicyclic) bond motifs is 1. The molecule has 0 unspecified atom stereocenters. The molecule has 0 saturated carbocycles. The van der Waals surface area contributed by atoms with Gasteiger partial charge in [0, 0.05) is 5.69 Å². The van der Waals surface area contributed by atoms with Crippen LogP contribution >= 0.6 is 0 Å². The Morgan fingerprint density at radius 3 is 2.62 bits per heavy atom. The van der Waals surface area contributed by atoms with Crippen molar-refractivity contribution >= 4 is 23.0 Å². The quantitative estimate of drug-likeness (QED) is 0.711. The third-order valence-electron chi connectivity index (χ3n) is 4.47. The molecule has 1 amide bonds. The molecule has 6 heteroatoms. The van der Waals surface area contributed by atoms with E-state index < -0.39 is 10.9 Å². The molecule has 4 rings (SSSR count). The number of amides is 1. The maximum absolute atomic E-state index is 12.2. The minimum atomic E-state index is -0.534. The molecule has 0 atom stereocenters. The van der Waals surface area contributed by atoms with Crippen molar-refractivity contribution in [1.29, 1.82) is 0 Å². The first kappa shape index (κ1) is 16.1. The predicted molar refractivity (Wildman–Crippen MR) is 100 cm³/mol. The van der Waals surface area contributed by atoms with Crippen LogP contribution in [0.15, 0.2) is 46.0 Å². The molecule has 0 radical (unpaired) electrons. The topological polar surface area (TPSA) is 84.5 Å². The summed E-state index contributed by atoms with van der Waals surface area (Å²) in [4.78, 5) is 35.7. The molecule has 0 aliphatic carbocycles. The van der Waals surface area contributed by atoms with Gasteiger partial charge in [-0.05, 0) is 48.7 Å². The molecule has 1 aliphatic heterocycles. The molecular formula is C20H16N2O4. The van der Waals surface area contributed by atoms with Gasteiger partial charge in [-0.2, -0.15) is 0 Å². The Bertz CT molecular complexity index is 1120. The zero-order valence-electron chi connectivity index (χ0n) is 14.3. The molecule has 26 heavy (non-hydrogen) atoms. The van der Waals surface area contributed by atoms with Crippen molar-refractivity contribution in [2.45, 2.75) is 13.8 Å². The summed E-state index contributed by atoms with van der Waals surface area (Å²) >= 11 is 0. The third-order valence-corrected chi connectivity index (χ3v) is 4.47. The Balaban J connectivity index is 1.74. The molecule has 1 heterocycles. The molecule has 0 spiro atoms. The van der Waals surface area contributed by atoms with Gasteiger partial charge in [0.25, 0.3) is 11.3 Å². The molecule has 0 bridgehead atoms. The first-order chi connectivity index (χ1) is 12.4. The van der Waals surface area contributed by atoms with Gasteiger partial charge in [-0.1, -0.05) is 18.2 Å². The fourth-order valence-electron chi connectivity index (χ4n) is 3.02. The summed E-state index contributed by atoms with van der Waals surface area (Å²) in [6, 6.07) is 10.9. The first-order valence-electron chi connectivity index (χ1n) is 8.18. The fraction of sp³-hybridized carbons (Fsp3) is 0.150. The van der Waals surface area contributed by atoms with Crippen LogP contribution in [-0.2, 0) is 4.79 Å². The van der Waals surface area contributed by atoms with Crippen molar-refractivity contribution in [3.63, 3.8) is 0 Å². The van der Waals surface area contributed by atoms with Crippen LogP contribution in [0.25, 0.3) is 11.1 Å². The largest absolute Gasteiger partial charge is 0.482 e. The summed E-state index contributed by atoms with van der Waals surface area (Å²) in [6.45, 7) is 3.82. The highest BCUT2D eigenvalue weighted by molar-refractivity contribution is 5.96. The van der Waals surface area contributed by atoms with Crippen molar-refractivity contribution in [2.75, 3.05) is 17.2 Å². The fourth-order valence-corrected chi connectivity index (χ4v) is 3.02. The number of benzene rings is 2. The maximum Gasteiger partial charge on any atom is 0.262 e. The SMILES string of the molecule is Cc1ccc(C)c(Nc2c(-c3ccc4c(c3)OCC(=O)N4)c(=O)c2=O)c1. The van der Waals surface area contributed by atoms with Crippen LogP contribution in [0.4, 0.5) is 17.1 Å². The average molecular weight is 348 g/mol. The second kappa shape index (κ2) is 5.84. The minimum absolute atomic E-state index is 0.0734. The highest BCUT2D eigenvalue weighted by Gasteiger charge is 2.25. The van der Waals surface area contributed by atoms with Gasteiger partial charge in [-0.3, -0.25) is 14.4 Å². The number of ether oxygens (including phenoxy) is 1. The smallest absolute Gasteiger partial charge is 0.262 e. The van der Waals surface area contributed by atoms with E-state index in [0.717, 1.165) is 16.8 Å². The Kier molecular flexibility index (Phi) is 3.61. The molecular weight excluding hydrogens is 332 g/mol. The lowest BCUT2D eigenvalue weighted by Crippen LogP contribution is -2.35. The number of nitrogens with one attached hydrogen (secondary N) is 2. The highest BCUT2D eigenvalue weighted by Crippen LogP contribution is 2.35. The number of carbonyl (C=O) groups excluding carboxylic acids is 1. The zero-order valence-corrected chi connectivity index (χ0v) is 14.3. The number of aryl methyl sites for hydroxylation is 2. The maximum atomic E-state index is 12.2. The van der Waals surface area contributed by atoms with E-state index in [4.69, 9.17) is 4.74 Å². The lowest BCUT2D eigenvalue weighted by molar-refractivity contribution is -0.118. The number of hydrogen-bond acceptors (Lipinski definition) is 5. The van der Waals surface area contributed by atoms with Crippen LogP contribution in [0.1, 0.15) is 11.1 Å². The zero-order chi connectivity index (χ0) is 18.4. The van der Waals surface area contributed by atoms with Gasteiger partial charge in [0.05, 0.1) is 11.3 Å². The second-order valence-corrected chi connectivity index (χ2v) is 6.40. The molecule has 0 saturated heterocycles. The first-order valence-corrected chi connectivity index (χ1v) is 8.18. The van der Waals surface area contributed by atoms with E-state index in [1.54, 1.807) is 18.2 Å². The molecule has 0 fully saturated rings. The van der Waals surface area contributed by atoms with E-state index in [0.29, 0.717) is 22.6 Å². The van der Waals surface area contributed by atoms with Crippen LogP contribution in [0, 0.1) is 13.8 Å². The van der Waals surface area contributed by atoms with E-state index >= 15 is 0 Å². The van der Waals surface area contributed by atoms with Gasteiger partial charge in [0.15, 0.2) is 6.61 Å². The van der Waals surface area contributed by atoms with E-state index in [1.807, 2.05) is 32.0 Å². The van der Waals surface area contributed by atoms with E-state index in [2.05, 4.69) is 10.6 Å². The van der Waals surface area contributed by atoms with Gasteiger partial charge >= 0.3 is 0 Å². The van der Waals surface area contributed by atoms with Crippen molar-refractivity contribution in [3.8, 4) is 16.9 Å². The van der Waals surface area contributed by atoms with Crippen LogP contribution in [0.2, 0.25) is 0 Å². The highest BCUT2D eigenvalue weighted by atomic mass is 16.5. The summed E-state index contributed by atoms with van der Waals surface area (Å²) in [6.07, 6.45) is 0. The molecule has 6 nitrogen and oxygen atoms in total. The van der Waals surface area contributed by atoms with E-state index in [1.165, 1.54) is 0 Å². The lowest BCUT2D eigenvalue weighted by atomic mass is 9.97. The standard InChI is InChI=1S/C20H16N2O4/c1-10-3-4-11(2)14(7-10)22-18-17(19(24)20(18)25)12-5-6-13-15(8-12)26-9-16(23)21-13/h3-8,22H,9H2,1-2H3,(H,21,23). The van der Waals surface area contributed by atoms with Crippen molar-refractivity contribution in [2.24, 2.45) is 0 Å². The Labute approximate surface area is 149 Å². The monoisotopic (exact) mass is 348 g/mol. The minimum Gasteiger partial charge on any atom is -0.482 e. The van der Waals surface area contributed by atoms with Crippen LogP contribution < -0.4 is 26.2 Å². The van der Waals surface area contributed by atoms with Crippen LogP contribution in [0.3, 0.4) is 0 Å². The number of carbonyl (C=O) groups is 1. The molecule has 3 aromatic rings. The number of rotatable bonds is 3. The van der Waals surface area contributed by atoms with Crippen molar-refractivity contribution in [1.82, 2.24) is 0 Å². The molecule has 1 aliphatic rings. The summed E-state index contributed by atoms with van der Waals surface area (Å²) < 4.78 is 5.39. The Morgan fingerprint density at radius 2 is 1.81 bits per heavy atom. The normalized spacial score (nSPS) is 13.1. The summed E-state index contributed by atoms with van der Waals surface area (Å²) in [7, 11) is 0. The van der Waals surface area contributed by atoms with Crippen LogP contribution in [0.5, 0.6) is 5.75 Å². The molecule has 3 aromatic carbocycles. The third kappa shape index (κ3) is 2.56. The van der Waals surface area contributed by atoms with Crippen molar-refractivity contribution in [3.05, 3.63) is 68.0 Å². The van der Waals surface area contributed by atoms with E-state index in [-0.39, 0.29) is 18.2 Å². The summed E-state index contributed by atoms with van der Waals surface area (Å²) in [5, 5.41) is 5.80. The molecule has 2 N–H and O–H groups in total. The van der Waals surface area contributed by atoms with Gasteiger partial charge in [-0.25, -0.2) is 0 Å². The van der Waals surface area contributed by atoms with Gasteiger partial charge in [0.2, 0.25) is 5.43 Å². The summed E-state index contributed by atoms with van der Waals surface area (Å²) in [5.74, 6) is 0.254. The lowest BCUT2D eigenvalue weighted by Gasteiger charge is -2.20. The summed E-state index contributed by atoms with van der Waals surface area (Å²) in [5.41, 5.74) is 3.50. The van der Waals surface area contributed by atoms with Gasteiger partial charge < -0.3 is 15.4 Å². The Morgan fingerprint density at radius 1 is 1.00 bits per heavy atom.